The summed E-state index contributed by atoms with van der Waals surface area (Å²) in [6.07, 6.45) is 1.71. The Morgan fingerprint density at radius 3 is 2.33 bits per heavy atom. The monoisotopic (exact) mass is 488 g/mol. The molecule has 0 aliphatic heterocycles. The van der Waals surface area contributed by atoms with Gasteiger partial charge in [0, 0.05) is 48.4 Å². The summed E-state index contributed by atoms with van der Waals surface area (Å²) in [5.41, 5.74) is 3.84. The molecule has 2 aromatic heterocycles. The molecule has 0 aliphatic carbocycles. The topological polar surface area (TPSA) is 77.8 Å². The molecular weight excluding hydrogens is 456 g/mol. The highest BCUT2D eigenvalue weighted by Crippen LogP contribution is 2.31. The predicted molar refractivity (Wildman–Crippen MR) is 144 cm³/mol. The molecule has 8 heteroatoms. The molecule has 0 bridgehead atoms. The normalized spacial score (nSPS) is 11.1. The van der Waals surface area contributed by atoms with Crippen molar-refractivity contribution in [3.63, 3.8) is 0 Å². The molecule has 8 nitrogen and oxygen atoms in total. The van der Waals surface area contributed by atoms with Crippen molar-refractivity contribution in [2.45, 2.75) is 13.5 Å². The molecule has 188 valence electrons. The van der Waals surface area contributed by atoms with E-state index in [4.69, 9.17) is 14.2 Å². The van der Waals surface area contributed by atoms with Crippen LogP contribution in [-0.2, 0) is 6.54 Å². The largest absolute Gasteiger partial charge is 0.497 e. The number of nitrogens with one attached hydrogen (secondary N) is 1. The number of fused-ring (bicyclic) bond motifs is 1. The van der Waals surface area contributed by atoms with E-state index in [2.05, 4.69) is 15.2 Å². The van der Waals surface area contributed by atoms with Gasteiger partial charge < -0.3 is 29.0 Å². The molecule has 0 aliphatic rings. The van der Waals surface area contributed by atoms with Crippen molar-refractivity contribution in [3.05, 3.63) is 71.1 Å². The summed E-state index contributed by atoms with van der Waals surface area (Å²) < 4.78 is 18.3. The third-order valence-corrected chi connectivity index (χ3v) is 5.89. The van der Waals surface area contributed by atoms with Crippen LogP contribution in [-0.4, -0.2) is 55.9 Å². The van der Waals surface area contributed by atoms with Gasteiger partial charge in [0.25, 0.3) is 5.56 Å². The molecule has 1 N–H and O–H groups in total. The average molecular weight is 489 g/mol. The zero-order valence-corrected chi connectivity index (χ0v) is 21.4. The first kappa shape index (κ1) is 25.1. The average Bonchev–Trinajstić information content (AvgIpc) is 2.88. The maximum Gasteiger partial charge on any atom is 0.258 e. The van der Waals surface area contributed by atoms with Crippen LogP contribution in [0.3, 0.4) is 0 Å². The van der Waals surface area contributed by atoms with Crippen molar-refractivity contribution < 1.29 is 14.2 Å². The van der Waals surface area contributed by atoms with E-state index in [0.29, 0.717) is 36.1 Å². The molecule has 0 fully saturated rings. The van der Waals surface area contributed by atoms with Crippen LogP contribution in [0.25, 0.3) is 22.0 Å². The quantitative estimate of drug-likeness (QED) is 0.344. The molecule has 4 rings (SSSR count). The van der Waals surface area contributed by atoms with Crippen LogP contribution < -0.4 is 25.1 Å². The maximum absolute atomic E-state index is 13.5. The minimum atomic E-state index is -0.0713. The van der Waals surface area contributed by atoms with E-state index in [1.807, 2.05) is 69.6 Å². The van der Waals surface area contributed by atoms with Gasteiger partial charge in [-0.15, -0.1) is 0 Å². The number of rotatable bonds is 10. The van der Waals surface area contributed by atoms with Crippen molar-refractivity contribution in [1.29, 1.82) is 0 Å². The highest BCUT2D eigenvalue weighted by Gasteiger charge is 2.13. The van der Waals surface area contributed by atoms with Gasteiger partial charge >= 0.3 is 0 Å². The number of pyridine rings is 2. The Labute approximate surface area is 211 Å². The molecule has 36 heavy (non-hydrogen) atoms. The molecule has 0 radical (unpaired) electrons. The Balaban J connectivity index is 1.68. The Kier molecular flexibility index (Phi) is 7.75. The van der Waals surface area contributed by atoms with Gasteiger partial charge in [0.15, 0.2) is 0 Å². The van der Waals surface area contributed by atoms with Gasteiger partial charge in [0.1, 0.15) is 18.1 Å². The number of likely N-dealkylation sites (N-methyl/N-ethyl adjacent to an activating group) is 1. The predicted octanol–water partition coefficient (Wildman–Crippen LogP) is 4.78. The fraction of sp³-hybridized carbons (Fsp3) is 0.286. The Morgan fingerprint density at radius 2 is 1.67 bits per heavy atom. The third-order valence-electron chi connectivity index (χ3n) is 5.89. The van der Waals surface area contributed by atoms with Crippen molar-refractivity contribution in [3.8, 4) is 28.5 Å². The smallest absolute Gasteiger partial charge is 0.258 e. The van der Waals surface area contributed by atoms with Crippen LogP contribution >= 0.6 is 0 Å². The molecule has 4 aromatic rings. The summed E-state index contributed by atoms with van der Waals surface area (Å²) in [5, 5.41) is 4.36. The van der Waals surface area contributed by atoms with Gasteiger partial charge in [-0.3, -0.25) is 4.79 Å². The maximum atomic E-state index is 13.5. The molecule has 0 unspecified atom stereocenters. The second-order valence-electron chi connectivity index (χ2n) is 8.64. The third kappa shape index (κ3) is 5.60. The van der Waals surface area contributed by atoms with Gasteiger partial charge in [-0.05, 0) is 68.4 Å². The summed E-state index contributed by atoms with van der Waals surface area (Å²) in [5.74, 6) is 1.83. The second kappa shape index (κ2) is 11.1. The summed E-state index contributed by atoms with van der Waals surface area (Å²) >= 11 is 0. The van der Waals surface area contributed by atoms with Crippen LogP contribution in [0.4, 0.5) is 11.4 Å². The lowest BCUT2D eigenvalue weighted by molar-refractivity contribution is 0.254. The lowest BCUT2D eigenvalue weighted by Crippen LogP contribution is -2.21. The van der Waals surface area contributed by atoms with Gasteiger partial charge in [-0.2, -0.15) is 0 Å². The zero-order chi connectivity index (χ0) is 25.7. The first-order valence-corrected chi connectivity index (χ1v) is 11.8. The molecule has 0 atom stereocenters. The Hall–Kier alpha value is -4.04. The van der Waals surface area contributed by atoms with Crippen LogP contribution in [0.2, 0.25) is 0 Å². The number of hydrogen-bond donors (Lipinski definition) is 1. The molecule has 2 aromatic carbocycles. The van der Waals surface area contributed by atoms with Gasteiger partial charge in [0.05, 0.1) is 19.7 Å². The fourth-order valence-corrected chi connectivity index (χ4v) is 4.00. The van der Waals surface area contributed by atoms with Crippen molar-refractivity contribution >= 4 is 22.3 Å². The van der Waals surface area contributed by atoms with E-state index in [1.165, 1.54) is 0 Å². The lowest BCUT2D eigenvalue weighted by atomic mass is 10.0. The molecule has 0 saturated carbocycles. The minimum Gasteiger partial charge on any atom is -0.497 e. The number of aryl methyl sites for hydroxylation is 1. The number of anilines is 2. The highest BCUT2D eigenvalue weighted by molar-refractivity contribution is 5.87. The first-order chi connectivity index (χ1) is 17.4. The standard InChI is InChI=1S/C28H32N4O4/c1-6-32-26-16-21(30-22-9-10-29-27(17-22)36-12-11-31(2)3)8-7-19(26)15-25(28(32)33)20-13-23(34-4)18-24(14-20)35-5/h7-10,13-18H,6,11-12H2,1-5H3,(H,29,30). The first-order valence-electron chi connectivity index (χ1n) is 11.8. The van der Waals surface area contributed by atoms with Gasteiger partial charge in [-0.25, -0.2) is 4.98 Å². The number of benzene rings is 2. The fourth-order valence-electron chi connectivity index (χ4n) is 4.00. The zero-order valence-electron chi connectivity index (χ0n) is 21.4. The van der Waals surface area contributed by atoms with Crippen LogP contribution in [0.15, 0.2) is 65.6 Å². The van der Waals surface area contributed by atoms with E-state index in [-0.39, 0.29) is 5.56 Å². The Morgan fingerprint density at radius 1 is 0.944 bits per heavy atom. The number of nitrogens with zero attached hydrogens (tertiary/aromatic N) is 3. The number of ether oxygens (including phenoxy) is 3. The van der Waals surface area contributed by atoms with Crippen LogP contribution in [0.1, 0.15) is 6.92 Å². The summed E-state index contributed by atoms with van der Waals surface area (Å²) in [6, 6.07) is 17.2. The number of hydrogen-bond acceptors (Lipinski definition) is 7. The van der Waals surface area contributed by atoms with E-state index in [1.54, 1.807) is 31.0 Å². The van der Waals surface area contributed by atoms with Crippen molar-refractivity contribution in [2.24, 2.45) is 0 Å². The lowest BCUT2D eigenvalue weighted by Gasteiger charge is -2.15. The van der Waals surface area contributed by atoms with Crippen molar-refractivity contribution in [1.82, 2.24) is 14.5 Å². The van der Waals surface area contributed by atoms with Crippen molar-refractivity contribution in [2.75, 3.05) is 46.8 Å². The van der Waals surface area contributed by atoms with Crippen LogP contribution in [0.5, 0.6) is 17.4 Å². The Bertz CT molecular complexity index is 1390. The van der Waals surface area contributed by atoms with Crippen LogP contribution in [0, 0.1) is 0 Å². The molecule has 0 spiro atoms. The molecule has 0 amide bonds. The summed E-state index contributed by atoms with van der Waals surface area (Å²) in [7, 11) is 7.20. The van der Waals surface area contributed by atoms with E-state index in [9.17, 15) is 4.79 Å². The summed E-state index contributed by atoms with van der Waals surface area (Å²) in [4.78, 5) is 19.9. The number of methoxy groups -OCH3 is 2. The molecule has 2 heterocycles. The SMILES string of the molecule is CCn1c(=O)c(-c2cc(OC)cc(OC)c2)cc2ccc(Nc3ccnc(OCCN(C)C)c3)cc21. The minimum absolute atomic E-state index is 0.0713. The van der Waals surface area contributed by atoms with Gasteiger partial charge in [-0.1, -0.05) is 6.07 Å². The van der Waals surface area contributed by atoms with E-state index < -0.39 is 0 Å². The van der Waals surface area contributed by atoms with E-state index >= 15 is 0 Å². The molecular formula is C28H32N4O4. The highest BCUT2D eigenvalue weighted by atomic mass is 16.5. The molecule has 0 saturated heterocycles. The van der Waals surface area contributed by atoms with Gasteiger partial charge in [0.2, 0.25) is 5.88 Å². The van der Waals surface area contributed by atoms with E-state index in [0.717, 1.165) is 34.4 Å². The summed E-state index contributed by atoms with van der Waals surface area (Å²) in [6.45, 7) is 3.87. The number of aromatic nitrogens is 2. The second-order valence-corrected chi connectivity index (χ2v) is 8.64.